The van der Waals surface area contributed by atoms with Crippen molar-refractivity contribution in [2.75, 3.05) is 5.32 Å². The van der Waals surface area contributed by atoms with Crippen molar-refractivity contribution in [2.24, 2.45) is 0 Å². The van der Waals surface area contributed by atoms with Gasteiger partial charge >= 0.3 is 0 Å². The summed E-state index contributed by atoms with van der Waals surface area (Å²) < 4.78 is 27.5. The summed E-state index contributed by atoms with van der Waals surface area (Å²) in [7, 11) is 0. The Kier molecular flexibility index (Phi) is 3.91. The highest BCUT2D eigenvalue weighted by atomic mass is 79.9. The molecule has 0 amide bonds. The van der Waals surface area contributed by atoms with Crippen LogP contribution in [0.1, 0.15) is 11.1 Å². The third-order valence-corrected chi connectivity index (χ3v) is 2.87. The van der Waals surface area contributed by atoms with E-state index in [1.165, 1.54) is 12.1 Å². The van der Waals surface area contributed by atoms with Crippen molar-refractivity contribution in [1.29, 1.82) is 0 Å². The summed E-state index contributed by atoms with van der Waals surface area (Å²) in [5.74, 6) is -1.25. The largest absolute Gasteiger partial charge is 0.376 e. The van der Waals surface area contributed by atoms with Crippen molar-refractivity contribution in [3.8, 4) is 0 Å². The summed E-state index contributed by atoms with van der Waals surface area (Å²) in [6.07, 6.45) is 3.39. The lowest BCUT2D eigenvalue weighted by atomic mass is 10.2. The monoisotopic (exact) mass is 312 g/mol. The van der Waals surface area contributed by atoms with Crippen LogP contribution in [0.2, 0.25) is 0 Å². The van der Waals surface area contributed by atoms with Gasteiger partial charge in [-0.05, 0) is 30.2 Å². The van der Waals surface area contributed by atoms with E-state index in [9.17, 15) is 8.78 Å². The van der Waals surface area contributed by atoms with E-state index in [0.29, 0.717) is 11.0 Å². The fraction of sp³-hybridized carbons (Fsp3) is 0.154. The molecule has 0 aliphatic rings. The lowest BCUT2D eigenvalue weighted by molar-refractivity contribution is 0.586. The summed E-state index contributed by atoms with van der Waals surface area (Å²) in [5.41, 5.74) is 1.75. The molecule has 0 atom stereocenters. The third kappa shape index (κ3) is 3.04. The van der Waals surface area contributed by atoms with Crippen LogP contribution in [0.25, 0.3) is 0 Å². The van der Waals surface area contributed by atoms with Crippen LogP contribution in [0, 0.1) is 18.6 Å². The zero-order chi connectivity index (χ0) is 13.1. The molecule has 0 bridgehead atoms. The number of hydrogen-bond donors (Lipinski definition) is 1. The van der Waals surface area contributed by atoms with Gasteiger partial charge in [-0.1, -0.05) is 22.0 Å². The molecular formula is C13H11BrF2N2. The van der Waals surface area contributed by atoms with E-state index in [0.717, 1.165) is 11.1 Å². The van der Waals surface area contributed by atoms with Gasteiger partial charge in [0, 0.05) is 23.4 Å². The highest BCUT2D eigenvalue weighted by Gasteiger charge is 2.10. The Bertz CT molecular complexity index is 550. The molecule has 94 valence electrons. The highest BCUT2D eigenvalue weighted by Crippen LogP contribution is 2.24. The van der Waals surface area contributed by atoms with Crippen LogP contribution < -0.4 is 5.32 Å². The Labute approximate surface area is 112 Å². The molecule has 1 aromatic carbocycles. The van der Waals surface area contributed by atoms with Crippen molar-refractivity contribution in [3.63, 3.8) is 0 Å². The van der Waals surface area contributed by atoms with Crippen molar-refractivity contribution in [3.05, 3.63) is 57.8 Å². The average molecular weight is 313 g/mol. The van der Waals surface area contributed by atoms with Gasteiger partial charge in [0.2, 0.25) is 0 Å². The van der Waals surface area contributed by atoms with Crippen LogP contribution >= 0.6 is 15.9 Å². The molecular weight excluding hydrogens is 302 g/mol. The molecule has 0 saturated carbocycles. The van der Waals surface area contributed by atoms with E-state index in [1.54, 1.807) is 12.4 Å². The smallest absolute Gasteiger partial charge is 0.150 e. The number of aryl methyl sites for hydroxylation is 1. The van der Waals surface area contributed by atoms with Gasteiger partial charge < -0.3 is 5.32 Å². The maximum atomic E-state index is 13.5. The van der Waals surface area contributed by atoms with E-state index in [4.69, 9.17) is 0 Å². The van der Waals surface area contributed by atoms with Crippen LogP contribution in [0.5, 0.6) is 0 Å². The Hall–Kier alpha value is -1.49. The van der Waals surface area contributed by atoms with Gasteiger partial charge in [-0.15, -0.1) is 0 Å². The first-order valence-corrected chi connectivity index (χ1v) is 6.14. The Morgan fingerprint density at radius 2 is 1.83 bits per heavy atom. The number of nitrogens with one attached hydrogen (secondary N) is 1. The molecule has 1 N–H and O–H groups in total. The lowest BCUT2D eigenvalue weighted by Crippen LogP contribution is -2.04. The molecule has 0 saturated heterocycles. The molecule has 2 aromatic rings. The topological polar surface area (TPSA) is 24.9 Å². The summed E-state index contributed by atoms with van der Waals surface area (Å²) in [6.45, 7) is 2.24. The average Bonchev–Trinajstić information content (AvgIpc) is 2.27. The second kappa shape index (κ2) is 5.44. The fourth-order valence-corrected chi connectivity index (χ4v) is 2.02. The first kappa shape index (κ1) is 13.0. The molecule has 18 heavy (non-hydrogen) atoms. The van der Waals surface area contributed by atoms with Gasteiger partial charge in [0.05, 0.1) is 0 Å². The van der Waals surface area contributed by atoms with Gasteiger partial charge in [0.1, 0.15) is 17.3 Å². The van der Waals surface area contributed by atoms with E-state index in [2.05, 4.69) is 26.2 Å². The van der Waals surface area contributed by atoms with Gasteiger partial charge in [0.25, 0.3) is 0 Å². The molecule has 1 aromatic heterocycles. The molecule has 1 heterocycles. The molecule has 0 unspecified atom stereocenters. The maximum Gasteiger partial charge on any atom is 0.150 e. The summed E-state index contributed by atoms with van der Waals surface area (Å²) >= 11 is 3.03. The number of hydrogen-bond acceptors (Lipinski definition) is 2. The van der Waals surface area contributed by atoms with Crippen molar-refractivity contribution < 1.29 is 8.78 Å². The number of rotatable bonds is 3. The second-order valence-electron chi connectivity index (χ2n) is 3.97. The van der Waals surface area contributed by atoms with Crippen LogP contribution in [0.4, 0.5) is 14.5 Å². The van der Waals surface area contributed by atoms with E-state index >= 15 is 0 Å². The van der Waals surface area contributed by atoms with Gasteiger partial charge in [-0.2, -0.15) is 0 Å². The first-order valence-electron chi connectivity index (χ1n) is 5.35. The molecule has 0 aliphatic heterocycles. The molecule has 0 fully saturated rings. The number of benzene rings is 1. The molecule has 2 nitrogen and oxygen atoms in total. The predicted octanol–water partition coefficient (Wildman–Crippen LogP) is 4.04. The minimum absolute atomic E-state index is 0.125. The minimum Gasteiger partial charge on any atom is -0.376 e. The molecule has 2 rings (SSSR count). The lowest BCUT2D eigenvalue weighted by Gasteiger charge is -2.09. The summed E-state index contributed by atoms with van der Waals surface area (Å²) in [5, 5.41) is 2.74. The Morgan fingerprint density at radius 1 is 1.17 bits per heavy atom. The third-order valence-electron chi connectivity index (χ3n) is 2.41. The zero-order valence-electron chi connectivity index (χ0n) is 9.67. The number of aromatic nitrogens is 1. The van der Waals surface area contributed by atoms with Crippen LogP contribution in [-0.4, -0.2) is 4.98 Å². The van der Waals surface area contributed by atoms with Crippen molar-refractivity contribution in [2.45, 2.75) is 13.5 Å². The van der Waals surface area contributed by atoms with Crippen molar-refractivity contribution in [1.82, 2.24) is 4.98 Å². The van der Waals surface area contributed by atoms with Gasteiger partial charge in [0.15, 0.2) is 0 Å². The standard InChI is InChI=1S/C13H11BrF2N2/c1-8-2-9(6-17-5-8)7-18-13-11(15)3-10(14)4-12(13)16/h2-6,18H,7H2,1H3. The summed E-state index contributed by atoms with van der Waals surface area (Å²) in [4.78, 5) is 4.02. The Balaban J connectivity index is 2.16. The quantitative estimate of drug-likeness (QED) is 0.925. The van der Waals surface area contributed by atoms with Gasteiger partial charge in [-0.3, -0.25) is 4.98 Å². The molecule has 5 heteroatoms. The second-order valence-corrected chi connectivity index (χ2v) is 4.88. The zero-order valence-corrected chi connectivity index (χ0v) is 11.3. The molecule has 0 radical (unpaired) electrons. The number of nitrogens with zero attached hydrogens (tertiary/aromatic N) is 1. The maximum absolute atomic E-state index is 13.5. The van der Waals surface area contributed by atoms with Crippen LogP contribution in [0.15, 0.2) is 35.1 Å². The van der Waals surface area contributed by atoms with E-state index < -0.39 is 11.6 Å². The van der Waals surface area contributed by atoms with Crippen LogP contribution in [-0.2, 0) is 6.54 Å². The number of halogens is 3. The minimum atomic E-state index is -0.623. The van der Waals surface area contributed by atoms with Crippen LogP contribution in [0.3, 0.4) is 0 Å². The normalized spacial score (nSPS) is 10.4. The predicted molar refractivity (Wildman–Crippen MR) is 70.4 cm³/mol. The Morgan fingerprint density at radius 3 is 2.44 bits per heavy atom. The van der Waals surface area contributed by atoms with Gasteiger partial charge in [-0.25, -0.2) is 8.78 Å². The fourth-order valence-electron chi connectivity index (χ4n) is 1.62. The number of anilines is 1. The SMILES string of the molecule is Cc1cncc(CNc2c(F)cc(Br)cc2F)c1. The highest BCUT2D eigenvalue weighted by molar-refractivity contribution is 9.10. The number of pyridine rings is 1. The first-order chi connectivity index (χ1) is 8.56. The van der Waals surface area contributed by atoms with E-state index in [-0.39, 0.29) is 5.69 Å². The van der Waals surface area contributed by atoms with E-state index in [1.807, 2.05) is 13.0 Å². The van der Waals surface area contributed by atoms with Crippen molar-refractivity contribution >= 4 is 21.6 Å². The molecule has 0 aliphatic carbocycles. The molecule has 0 spiro atoms. The summed E-state index contributed by atoms with van der Waals surface area (Å²) in [6, 6.07) is 4.36.